The highest BCUT2D eigenvalue weighted by Crippen LogP contribution is 2.38. The summed E-state index contributed by atoms with van der Waals surface area (Å²) in [7, 11) is 0. The molecule has 0 aliphatic rings. The number of hydrogen-bond acceptors (Lipinski definition) is 2. The third-order valence-electron chi connectivity index (χ3n) is 4.35. The Hall–Kier alpha value is -3.40. The summed E-state index contributed by atoms with van der Waals surface area (Å²) in [6.07, 6.45) is 0. The first-order valence-corrected chi connectivity index (χ1v) is 8.16. The number of rotatable bonds is 4. The van der Waals surface area contributed by atoms with Gasteiger partial charge in [-0.25, -0.2) is 9.59 Å². The van der Waals surface area contributed by atoms with E-state index < -0.39 is 11.9 Å². The minimum atomic E-state index is -1.02. The highest BCUT2D eigenvalue weighted by atomic mass is 16.4. The van der Waals surface area contributed by atoms with Crippen molar-refractivity contribution < 1.29 is 19.8 Å². The second-order valence-corrected chi connectivity index (χ2v) is 6.21. The maximum absolute atomic E-state index is 11.7. The lowest BCUT2D eigenvalue weighted by Gasteiger charge is -2.18. The summed E-state index contributed by atoms with van der Waals surface area (Å²) in [5.74, 6) is -2.03. The van der Waals surface area contributed by atoms with Crippen molar-refractivity contribution in [2.75, 3.05) is 0 Å². The first-order chi connectivity index (χ1) is 12.4. The Labute approximate surface area is 151 Å². The molecule has 4 heteroatoms. The topological polar surface area (TPSA) is 74.6 Å². The van der Waals surface area contributed by atoms with Crippen LogP contribution in [0, 0.1) is 13.8 Å². The number of aryl methyl sites for hydroxylation is 2. The molecule has 0 radical (unpaired) electrons. The summed E-state index contributed by atoms with van der Waals surface area (Å²) in [6.45, 7) is 3.85. The molecule has 3 aromatic carbocycles. The van der Waals surface area contributed by atoms with E-state index >= 15 is 0 Å². The van der Waals surface area contributed by atoms with Crippen molar-refractivity contribution in [1.29, 1.82) is 0 Å². The highest BCUT2D eigenvalue weighted by molar-refractivity contribution is 6.03. The lowest BCUT2D eigenvalue weighted by atomic mass is 9.86. The van der Waals surface area contributed by atoms with E-state index in [0.29, 0.717) is 16.7 Å². The van der Waals surface area contributed by atoms with Gasteiger partial charge < -0.3 is 10.2 Å². The van der Waals surface area contributed by atoms with E-state index in [-0.39, 0.29) is 11.1 Å². The predicted molar refractivity (Wildman–Crippen MR) is 101 cm³/mol. The Balaban J connectivity index is 2.41. The van der Waals surface area contributed by atoms with Crippen LogP contribution < -0.4 is 0 Å². The average Bonchev–Trinajstić information content (AvgIpc) is 2.61. The lowest BCUT2D eigenvalue weighted by Crippen LogP contribution is -2.04. The van der Waals surface area contributed by atoms with Crippen molar-refractivity contribution in [2.45, 2.75) is 13.8 Å². The maximum Gasteiger partial charge on any atom is 0.336 e. The van der Waals surface area contributed by atoms with Gasteiger partial charge in [0, 0.05) is 0 Å². The fourth-order valence-corrected chi connectivity index (χ4v) is 3.33. The first kappa shape index (κ1) is 17.4. The molecule has 0 bridgehead atoms. The Morgan fingerprint density at radius 3 is 1.77 bits per heavy atom. The van der Waals surface area contributed by atoms with Crippen LogP contribution in [0.1, 0.15) is 31.8 Å². The van der Waals surface area contributed by atoms with E-state index in [0.717, 1.165) is 16.7 Å². The molecule has 4 nitrogen and oxygen atoms in total. The second-order valence-electron chi connectivity index (χ2n) is 6.21. The molecule has 0 amide bonds. The van der Waals surface area contributed by atoms with Crippen molar-refractivity contribution in [2.24, 2.45) is 0 Å². The molecular formula is C22H18O4. The van der Waals surface area contributed by atoms with Crippen molar-refractivity contribution in [3.05, 3.63) is 82.9 Å². The Morgan fingerprint density at radius 2 is 1.19 bits per heavy atom. The molecule has 130 valence electrons. The fraction of sp³-hybridized carbons (Fsp3) is 0.0909. The van der Waals surface area contributed by atoms with Crippen LogP contribution in [0.2, 0.25) is 0 Å². The maximum atomic E-state index is 11.7. The van der Waals surface area contributed by atoms with Crippen molar-refractivity contribution in [3.8, 4) is 22.3 Å². The summed E-state index contributed by atoms with van der Waals surface area (Å²) in [6, 6.07) is 17.4. The standard InChI is InChI=1S/C22H18O4/c1-13-11-14(2)20(16-8-4-6-10-18(16)22(25)26)19(12-13)15-7-3-5-9-17(15)21(23)24/h3-12H,1-2H3,(H,23,24)(H,25,26). The van der Waals surface area contributed by atoms with Gasteiger partial charge in [0.1, 0.15) is 0 Å². The predicted octanol–water partition coefficient (Wildman–Crippen LogP) is 5.03. The van der Waals surface area contributed by atoms with Crippen LogP contribution in [0.5, 0.6) is 0 Å². The molecule has 0 fully saturated rings. The lowest BCUT2D eigenvalue weighted by molar-refractivity contribution is 0.0686. The third kappa shape index (κ3) is 3.09. The van der Waals surface area contributed by atoms with E-state index in [9.17, 15) is 19.8 Å². The van der Waals surface area contributed by atoms with Gasteiger partial charge in [0.15, 0.2) is 0 Å². The van der Waals surface area contributed by atoms with Crippen LogP contribution in [0.4, 0.5) is 0 Å². The summed E-state index contributed by atoms with van der Waals surface area (Å²) >= 11 is 0. The Kier molecular flexibility index (Phi) is 4.59. The third-order valence-corrected chi connectivity index (χ3v) is 4.35. The van der Waals surface area contributed by atoms with E-state index in [1.165, 1.54) is 0 Å². The average molecular weight is 346 g/mol. The quantitative estimate of drug-likeness (QED) is 0.694. The molecule has 0 aromatic heterocycles. The molecule has 3 aromatic rings. The zero-order valence-electron chi connectivity index (χ0n) is 14.5. The molecule has 0 unspecified atom stereocenters. The summed E-state index contributed by atoms with van der Waals surface area (Å²) in [5, 5.41) is 19.2. The van der Waals surface area contributed by atoms with Crippen LogP contribution in [-0.2, 0) is 0 Å². The zero-order chi connectivity index (χ0) is 18.8. The molecule has 0 aliphatic carbocycles. The van der Waals surface area contributed by atoms with Gasteiger partial charge in [0.2, 0.25) is 0 Å². The van der Waals surface area contributed by atoms with Gasteiger partial charge in [-0.2, -0.15) is 0 Å². The van der Waals surface area contributed by atoms with E-state index in [1.807, 2.05) is 26.0 Å². The number of hydrogen-bond donors (Lipinski definition) is 2. The molecule has 26 heavy (non-hydrogen) atoms. The smallest absolute Gasteiger partial charge is 0.336 e. The largest absolute Gasteiger partial charge is 0.478 e. The molecule has 0 saturated heterocycles. The van der Waals surface area contributed by atoms with E-state index in [4.69, 9.17) is 0 Å². The normalized spacial score (nSPS) is 10.5. The SMILES string of the molecule is Cc1cc(C)c(-c2ccccc2C(=O)O)c(-c2ccccc2C(=O)O)c1. The summed E-state index contributed by atoms with van der Waals surface area (Å²) in [5.41, 5.74) is 4.86. The highest BCUT2D eigenvalue weighted by Gasteiger charge is 2.20. The second kappa shape index (κ2) is 6.84. The van der Waals surface area contributed by atoms with Gasteiger partial charge in [0.25, 0.3) is 0 Å². The molecule has 0 heterocycles. The van der Waals surface area contributed by atoms with Gasteiger partial charge in [-0.1, -0.05) is 54.1 Å². The monoisotopic (exact) mass is 346 g/mol. The summed E-state index contributed by atoms with van der Waals surface area (Å²) in [4.78, 5) is 23.4. The van der Waals surface area contributed by atoms with Gasteiger partial charge in [0.05, 0.1) is 11.1 Å². The minimum Gasteiger partial charge on any atom is -0.478 e. The number of carboxylic acid groups (broad SMARTS) is 2. The van der Waals surface area contributed by atoms with Crippen molar-refractivity contribution in [3.63, 3.8) is 0 Å². The van der Waals surface area contributed by atoms with Gasteiger partial charge in [-0.15, -0.1) is 0 Å². The minimum absolute atomic E-state index is 0.187. The number of carboxylic acids is 2. The van der Waals surface area contributed by atoms with E-state index in [2.05, 4.69) is 0 Å². The molecular weight excluding hydrogens is 328 g/mol. The molecule has 0 aliphatic heterocycles. The molecule has 0 atom stereocenters. The van der Waals surface area contributed by atoms with Crippen LogP contribution in [0.25, 0.3) is 22.3 Å². The van der Waals surface area contributed by atoms with Crippen molar-refractivity contribution >= 4 is 11.9 Å². The van der Waals surface area contributed by atoms with Crippen LogP contribution in [0.15, 0.2) is 60.7 Å². The van der Waals surface area contributed by atoms with Gasteiger partial charge in [-0.05, 0) is 53.8 Å². The van der Waals surface area contributed by atoms with Crippen molar-refractivity contribution in [1.82, 2.24) is 0 Å². The Morgan fingerprint density at radius 1 is 0.692 bits per heavy atom. The molecule has 3 rings (SSSR count). The van der Waals surface area contributed by atoms with E-state index in [1.54, 1.807) is 48.5 Å². The molecule has 0 saturated carbocycles. The zero-order valence-corrected chi connectivity index (χ0v) is 14.5. The van der Waals surface area contributed by atoms with Gasteiger partial charge >= 0.3 is 11.9 Å². The first-order valence-electron chi connectivity index (χ1n) is 8.16. The van der Waals surface area contributed by atoms with Crippen LogP contribution >= 0.6 is 0 Å². The molecule has 2 N–H and O–H groups in total. The van der Waals surface area contributed by atoms with Gasteiger partial charge in [-0.3, -0.25) is 0 Å². The molecule has 0 spiro atoms. The number of benzene rings is 3. The fourth-order valence-electron chi connectivity index (χ4n) is 3.33. The van der Waals surface area contributed by atoms with Crippen LogP contribution in [0.3, 0.4) is 0 Å². The van der Waals surface area contributed by atoms with Crippen LogP contribution in [-0.4, -0.2) is 22.2 Å². The number of carbonyl (C=O) groups is 2. The Bertz CT molecular complexity index is 1020. The number of aromatic carboxylic acids is 2. The summed E-state index contributed by atoms with van der Waals surface area (Å²) < 4.78 is 0.